The quantitative estimate of drug-likeness (QED) is 0.502. The number of hydrogen-bond donors (Lipinski definition) is 0. The Labute approximate surface area is 167 Å². The van der Waals surface area contributed by atoms with Crippen LogP contribution in [0.5, 0.6) is 11.5 Å². The van der Waals surface area contributed by atoms with Gasteiger partial charge in [-0.3, -0.25) is 4.79 Å². The predicted octanol–water partition coefficient (Wildman–Crippen LogP) is 5.79. The minimum absolute atomic E-state index is 0.0227. The number of rotatable bonds is 3. The van der Waals surface area contributed by atoms with E-state index < -0.39 is 0 Å². The second kappa shape index (κ2) is 6.80. The van der Waals surface area contributed by atoms with Crippen LogP contribution in [0.15, 0.2) is 42.5 Å². The summed E-state index contributed by atoms with van der Waals surface area (Å²) in [6, 6.07) is 11.9. The van der Waals surface area contributed by atoms with E-state index in [0.717, 1.165) is 48.1 Å². The van der Waals surface area contributed by atoms with Crippen molar-refractivity contribution in [1.82, 2.24) is 0 Å². The van der Waals surface area contributed by atoms with Crippen LogP contribution in [0.4, 0.5) is 0 Å². The monoisotopic (exact) mass is 376 g/mol. The number of allylic oxidation sites excluding steroid dienone is 1. The number of aryl methyl sites for hydroxylation is 1. The van der Waals surface area contributed by atoms with Crippen LogP contribution in [0.25, 0.3) is 6.08 Å². The molecule has 0 fully saturated rings. The highest BCUT2D eigenvalue weighted by atomic mass is 16.5. The third-order valence-electron chi connectivity index (χ3n) is 5.63. The summed E-state index contributed by atoms with van der Waals surface area (Å²) < 4.78 is 12.7. The number of fused-ring (bicyclic) bond motifs is 3. The summed E-state index contributed by atoms with van der Waals surface area (Å²) in [7, 11) is 0. The van der Waals surface area contributed by atoms with Crippen molar-refractivity contribution < 1.29 is 14.3 Å². The lowest BCUT2D eigenvalue weighted by Crippen LogP contribution is -2.37. The lowest BCUT2D eigenvalue weighted by molar-refractivity contribution is 0.0655. The van der Waals surface area contributed by atoms with Crippen molar-refractivity contribution in [2.24, 2.45) is 0 Å². The summed E-state index contributed by atoms with van der Waals surface area (Å²) in [6.45, 7) is 8.40. The molecule has 0 amide bonds. The van der Waals surface area contributed by atoms with E-state index in [4.69, 9.17) is 9.47 Å². The largest absolute Gasteiger partial charge is 0.487 e. The molecule has 146 valence electrons. The molecule has 0 saturated carbocycles. The van der Waals surface area contributed by atoms with E-state index in [0.29, 0.717) is 11.3 Å². The van der Waals surface area contributed by atoms with Gasteiger partial charge >= 0.3 is 0 Å². The second-order valence-corrected chi connectivity index (χ2v) is 9.05. The van der Waals surface area contributed by atoms with Crippen LogP contribution < -0.4 is 9.47 Å². The highest BCUT2D eigenvalue weighted by Gasteiger charge is 2.36. The summed E-state index contributed by atoms with van der Waals surface area (Å²) in [5.74, 6) is 1.62. The fraction of sp³-hybridized carbons (Fsp3) is 0.400. The molecule has 0 aromatic heterocycles. The Morgan fingerprint density at radius 3 is 2.29 bits per heavy atom. The van der Waals surface area contributed by atoms with Crippen LogP contribution in [0.1, 0.15) is 67.6 Å². The van der Waals surface area contributed by atoms with Gasteiger partial charge in [0.1, 0.15) is 22.7 Å². The predicted molar refractivity (Wildman–Crippen MR) is 112 cm³/mol. The number of hydrogen-bond acceptors (Lipinski definition) is 3. The zero-order valence-electron chi connectivity index (χ0n) is 17.2. The minimum atomic E-state index is -0.288. The topological polar surface area (TPSA) is 35.5 Å². The maximum absolute atomic E-state index is 13.1. The van der Waals surface area contributed by atoms with E-state index in [-0.39, 0.29) is 17.0 Å². The molecule has 3 heteroatoms. The maximum atomic E-state index is 13.1. The standard InChI is InChI=1S/C25H28O3/c1-24(2)14-12-18-16-20(21(26)11-10-17-8-6-5-7-9-17)23-19(22(18)27-24)13-15-25(3,4)28-23/h5-11,16H,12-15H2,1-4H3/b11-10+. The van der Waals surface area contributed by atoms with Crippen molar-refractivity contribution in [3.63, 3.8) is 0 Å². The van der Waals surface area contributed by atoms with E-state index in [2.05, 4.69) is 27.7 Å². The number of benzene rings is 2. The molecule has 2 aliphatic rings. The van der Waals surface area contributed by atoms with Crippen molar-refractivity contribution in [3.8, 4) is 11.5 Å². The molecule has 2 aromatic rings. The van der Waals surface area contributed by atoms with Crippen LogP contribution in [0.2, 0.25) is 0 Å². The molecule has 0 saturated heterocycles. The van der Waals surface area contributed by atoms with Gasteiger partial charge in [0.05, 0.1) is 5.56 Å². The molecule has 0 aliphatic carbocycles. The third-order valence-corrected chi connectivity index (χ3v) is 5.63. The van der Waals surface area contributed by atoms with E-state index in [1.54, 1.807) is 6.08 Å². The molecule has 3 nitrogen and oxygen atoms in total. The molecule has 0 atom stereocenters. The Balaban J connectivity index is 1.77. The Morgan fingerprint density at radius 2 is 1.57 bits per heavy atom. The molecule has 2 aliphatic heterocycles. The van der Waals surface area contributed by atoms with Crippen LogP contribution in [0, 0.1) is 0 Å². The number of ketones is 1. The van der Waals surface area contributed by atoms with Crippen LogP contribution in [0.3, 0.4) is 0 Å². The van der Waals surface area contributed by atoms with Gasteiger partial charge in [0.25, 0.3) is 0 Å². The van der Waals surface area contributed by atoms with Gasteiger partial charge in [-0.05, 0) is 76.6 Å². The first-order chi connectivity index (χ1) is 13.2. The summed E-state index contributed by atoms with van der Waals surface area (Å²) >= 11 is 0. The van der Waals surface area contributed by atoms with Crippen molar-refractivity contribution in [1.29, 1.82) is 0 Å². The zero-order valence-corrected chi connectivity index (χ0v) is 17.2. The zero-order chi connectivity index (χ0) is 19.9. The molecule has 28 heavy (non-hydrogen) atoms. The summed E-state index contributed by atoms with van der Waals surface area (Å²) in [6.07, 6.45) is 7.15. The van der Waals surface area contributed by atoms with Gasteiger partial charge in [-0.15, -0.1) is 0 Å². The lowest BCUT2D eigenvalue weighted by Gasteiger charge is -2.39. The summed E-state index contributed by atoms with van der Waals surface area (Å²) in [5, 5.41) is 0. The van der Waals surface area contributed by atoms with Crippen LogP contribution in [-0.4, -0.2) is 17.0 Å². The molecule has 0 radical (unpaired) electrons. The van der Waals surface area contributed by atoms with Crippen molar-refractivity contribution in [2.45, 2.75) is 64.6 Å². The second-order valence-electron chi connectivity index (χ2n) is 9.05. The highest BCUT2D eigenvalue weighted by molar-refractivity contribution is 6.09. The van der Waals surface area contributed by atoms with Gasteiger partial charge in [0.2, 0.25) is 0 Å². The molecule has 0 unspecified atom stereocenters. The van der Waals surface area contributed by atoms with Gasteiger partial charge in [0.15, 0.2) is 5.78 Å². The van der Waals surface area contributed by atoms with Gasteiger partial charge in [-0.25, -0.2) is 0 Å². The smallest absolute Gasteiger partial charge is 0.189 e. The van der Waals surface area contributed by atoms with Crippen molar-refractivity contribution in [2.75, 3.05) is 0 Å². The average Bonchev–Trinajstić information content (AvgIpc) is 2.65. The first kappa shape index (κ1) is 18.8. The first-order valence-electron chi connectivity index (χ1n) is 10.1. The molecule has 0 bridgehead atoms. The average molecular weight is 376 g/mol. The number of ether oxygens (including phenoxy) is 2. The Morgan fingerprint density at radius 1 is 0.929 bits per heavy atom. The van der Waals surface area contributed by atoms with Crippen LogP contribution in [-0.2, 0) is 12.8 Å². The minimum Gasteiger partial charge on any atom is -0.487 e. The Hall–Kier alpha value is -2.55. The SMILES string of the molecule is CC1(C)CCc2cc(C(=O)/C=C/c3ccccc3)c3c(c2O1)CCC(C)(C)O3. The fourth-order valence-electron chi connectivity index (χ4n) is 3.95. The number of carbonyl (C=O) groups is 1. The molecule has 0 spiro atoms. The van der Waals surface area contributed by atoms with E-state index >= 15 is 0 Å². The molecule has 4 rings (SSSR count). The normalized spacial score (nSPS) is 19.3. The molecular weight excluding hydrogens is 348 g/mol. The summed E-state index contributed by atoms with van der Waals surface area (Å²) in [5.41, 5.74) is 3.36. The number of carbonyl (C=O) groups excluding carboxylic acids is 1. The molecule has 2 heterocycles. The third kappa shape index (κ3) is 3.71. The van der Waals surface area contributed by atoms with E-state index in [9.17, 15) is 4.79 Å². The molecule has 2 aromatic carbocycles. The van der Waals surface area contributed by atoms with Gasteiger partial charge in [-0.2, -0.15) is 0 Å². The van der Waals surface area contributed by atoms with Gasteiger partial charge in [-0.1, -0.05) is 36.4 Å². The molecule has 0 N–H and O–H groups in total. The summed E-state index contributed by atoms with van der Waals surface area (Å²) in [4.78, 5) is 13.1. The Bertz CT molecular complexity index is 936. The first-order valence-corrected chi connectivity index (χ1v) is 10.1. The van der Waals surface area contributed by atoms with E-state index in [1.165, 1.54) is 0 Å². The van der Waals surface area contributed by atoms with Gasteiger partial charge < -0.3 is 9.47 Å². The van der Waals surface area contributed by atoms with Crippen molar-refractivity contribution >= 4 is 11.9 Å². The highest BCUT2D eigenvalue weighted by Crippen LogP contribution is 2.46. The van der Waals surface area contributed by atoms with Gasteiger partial charge in [0, 0.05) is 5.56 Å². The fourth-order valence-corrected chi connectivity index (χ4v) is 3.95. The Kier molecular flexibility index (Phi) is 4.57. The van der Waals surface area contributed by atoms with Crippen molar-refractivity contribution in [3.05, 3.63) is 64.7 Å². The van der Waals surface area contributed by atoms with Crippen LogP contribution >= 0.6 is 0 Å². The lowest BCUT2D eigenvalue weighted by atomic mass is 9.85. The molecular formula is C25H28O3. The van der Waals surface area contributed by atoms with E-state index in [1.807, 2.05) is 42.5 Å². The maximum Gasteiger partial charge on any atom is 0.189 e.